The minimum Gasteiger partial charge on any atom is -0.352 e. The SMILES string of the molecule is Cc1ccc(N2CC(C(=O)NCc3ccc4c(c3)CNC4)CC2=O)cc1. The van der Waals surface area contributed by atoms with Gasteiger partial charge >= 0.3 is 0 Å². The van der Waals surface area contributed by atoms with Crippen LogP contribution < -0.4 is 15.5 Å². The first-order valence-corrected chi connectivity index (χ1v) is 9.06. The van der Waals surface area contributed by atoms with Gasteiger partial charge < -0.3 is 15.5 Å². The third-order valence-electron chi connectivity index (χ3n) is 5.21. The summed E-state index contributed by atoms with van der Waals surface area (Å²) in [6.07, 6.45) is 0.272. The van der Waals surface area contributed by atoms with Crippen LogP contribution in [0.25, 0.3) is 0 Å². The summed E-state index contributed by atoms with van der Waals surface area (Å²) in [4.78, 5) is 26.6. The number of hydrogen-bond donors (Lipinski definition) is 2. The van der Waals surface area contributed by atoms with E-state index in [1.165, 1.54) is 11.1 Å². The summed E-state index contributed by atoms with van der Waals surface area (Å²) in [7, 11) is 0. The summed E-state index contributed by atoms with van der Waals surface area (Å²) in [5.74, 6) is -0.330. The van der Waals surface area contributed by atoms with Crippen LogP contribution in [0.2, 0.25) is 0 Å². The number of anilines is 1. The Bertz CT molecular complexity index is 845. The van der Waals surface area contributed by atoms with E-state index in [1.54, 1.807) is 4.90 Å². The number of aryl methyl sites for hydroxylation is 1. The van der Waals surface area contributed by atoms with Crippen LogP contribution in [0, 0.1) is 12.8 Å². The molecule has 2 amide bonds. The Morgan fingerprint density at radius 2 is 1.92 bits per heavy atom. The molecule has 0 saturated carbocycles. The number of carbonyl (C=O) groups excluding carboxylic acids is 2. The first-order chi connectivity index (χ1) is 12.6. The summed E-state index contributed by atoms with van der Waals surface area (Å²) < 4.78 is 0. The molecule has 5 nitrogen and oxygen atoms in total. The summed E-state index contributed by atoms with van der Waals surface area (Å²) in [6.45, 7) is 4.77. The molecule has 1 fully saturated rings. The van der Waals surface area contributed by atoms with Gasteiger partial charge in [-0.1, -0.05) is 35.9 Å². The molecule has 2 aromatic carbocycles. The van der Waals surface area contributed by atoms with Crippen molar-refractivity contribution >= 4 is 17.5 Å². The van der Waals surface area contributed by atoms with Crippen LogP contribution in [0.5, 0.6) is 0 Å². The third kappa shape index (κ3) is 3.35. The Balaban J connectivity index is 1.36. The van der Waals surface area contributed by atoms with Crippen molar-refractivity contribution < 1.29 is 9.59 Å². The molecule has 0 aliphatic carbocycles. The Morgan fingerprint density at radius 1 is 1.15 bits per heavy atom. The smallest absolute Gasteiger partial charge is 0.227 e. The third-order valence-corrected chi connectivity index (χ3v) is 5.21. The predicted molar refractivity (Wildman–Crippen MR) is 100 cm³/mol. The molecule has 0 aromatic heterocycles. The van der Waals surface area contributed by atoms with E-state index in [4.69, 9.17) is 0 Å². The molecule has 4 rings (SSSR count). The molecule has 2 heterocycles. The van der Waals surface area contributed by atoms with E-state index in [-0.39, 0.29) is 24.2 Å². The van der Waals surface area contributed by atoms with Gasteiger partial charge in [-0.05, 0) is 35.7 Å². The van der Waals surface area contributed by atoms with Gasteiger partial charge in [0.25, 0.3) is 0 Å². The Labute approximate surface area is 153 Å². The molecule has 1 unspecified atom stereocenters. The zero-order valence-corrected chi connectivity index (χ0v) is 14.9. The standard InChI is InChI=1S/C21H23N3O2/c1-14-2-6-19(7-3-14)24-13-18(9-20(24)25)21(26)23-10-15-4-5-16-11-22-12-17(16)8-15/h2-8,18,22H,9-13H2,1H3,(H,23,26). The molecule has 26 heavy (non-hydrogen) atoms. The lowest BCUT2D eigenvalue weighted by molar-refractivity contribution is -0.126. The maximum atomic E-state index is 12.5. The van der Waals surface area contributed by atoms with E-state index in [2.05, 4.69) is 28.8 Å². The first-order valence-electron chi connectivity index (χ1n) is 9.06. The highest BCUT2D eigenvalue weighted by molar-refractivity contribution is 6.00. The van der Waals surface area contributed by atoms with Crippen molar-refractivity contribution in [1.82, 2.24) is 10.6 Å². The fraction of sp³-hybridized carbons (Fsp3) is 0.333. The number of nitrogens with one attached hydrogen (secondary N) is 2. The Hall–Kier alpha value is -2.66. The maximum Gasteiger partial charge on any atom is 0.227 e. The van der Waals surface area contributed by atoms with Crippen LogP contribution in [0.3, 0.4) is 0 Å². The monoisotopic (exact) mass is 349 g/mol. The predicted octanol–water partition coefficient (Wildman–Crippen LogP) is 2.27. The summed E-state index contributed by atoms with van der Waals surface area (Å²) in [5, 5.41) is 6.32. The minimum atomic E-state index is -0.292. The van der Waals surface area contributed by atoms with Crippen LogP contribution in [0.1, 0.15) is 28.7 Å². The largest absolute Gasteiger partial charge is 0.352 e. The second kappa shape index (κ2) is 6.92. The Kier molecular flexibility index (Phi) is 4.47. The van der Waals surface area contributed by atoms with E-state index in [1.807, 2.05) is 31.2 Å². The van der Waals surface area contributed by atoms with E-state index < -0.39 is 0 Å². The quantitative estimate of drug-likeness (QED) is 0.890. The minimum absolute atomic E-state index is 0.0117. The van der Waals surface area contributed by atoms with Crippen molar-refractivity contribution in [2.24, 2.45) is 5.92 Å². The van der Waals surface area contributed by atoms with Crippen LogP contribution in [0.15, 0.2) is 42.5 Å². The molecule has 5 heteroatoms. The van der Waals surface area contributed by atoms with E-state index in [0.29, 0.717) is 13.1 Å². The lowest BCUT2D eigenvalue weighted by Gasteiger charge is -2.17. The molecule has 0 radical (unpaired) electrons. The Morgan fingerprint density at radius 3 is 2.73 bits per heavy atom. The number of hydrogen-bond acceptors (Lipinski definition) is 3. The lowest BCUT2D eigenvalue weighted by atomic mass is 10.1. The molecule has 2 aliphatic rings. The van der Waals surface area contributed by atoms with Gasteiger partial charge in [-0.2, -0.15) is 0 Å². The van der Waals surface area contributed by atoms with Gasteiger partial charge in [-0.3, -0.25) is 9.59 Å². The lowest BCUT2D eigenvalue weighted by Crippen LogP contribution is -2.32. The van der Waals surface area contributed by atoms with Crippen molar-refractivity contribution in [2.75, 3.05) is 11.4 Å². The fourth-order valence-electron chi connectivity index (χ4n) is 3.65. The second-order valence-electron chi connectivity index (χ2n) is 7.17. The molecule has 2 N–H and O–H groups in total. The second-order valence-corrected chi connectivity index (χ2v) is 7.17. The van der Waals surface area contributed by atoms with Crippen molar-refractivity contribution in [1.29, 1.82) is 0 Å². The van der Waals surface area contributed by atoms with Crippen molar-refractivity contribution in [3.63, 3.8) is 0 Å². The van der Waals surface area contributed by atoms with E-state index in [9.17, 15) is 9.59 Å². The topological polar surface area (TPSA) is 61.4 Å². The van der Waals surface area contributed by atoms with Crippen molar-refractivity contribution in [3.05, 3.63) is 64.7 Å². The van der Waals surface area contributed by atoms with Gasteiger partial charge in [0.1, 0.15) is 0 Å². The molecule has 0 spiro atoms. The van der Waals surface area contributed by atoms with Crippen LogP contribution in [-0.2, 0) is 29.2 Å². The van der Waals surface area contributed by atoms with Gasteiger partial charge in [0.15, 0.2) is 0 Å². The van der Waals surface area contributed by atoms with Gasteiger partial charge in [-0.15, -0.1) is 0 Å². The highest BCUT2D eigenvalue weighted by atomic mass is 16.2. The van der Waals surface area contributed by atoms with Gasteiger partial charge in [0, 0.05) is 38.3 Å². The highest BCUT2D eigenvalue weighted by Gasteiger charge is 2.34. The molecule has 2 aromatic rings. The van der Waals surface area contributed by atoms with Gasteiger partial charge in [0.2, 0.25) is 11.8 Å². The average molecular weight is 349 g/mol. The normalized spacial score (nSPS) is 18.9. The summed E-state index contributed by atoms with van der Waals surface area (Å²) >= 11 is 0. The summed E-state index contributed by atoms with van der Waals surface area (Å²) in [5.41, 5.74) is 5.75. The molecular weight excluding hydrogens is 326 g/mol. The van der Waals surface area contributed by atoms with Crippen molar-refractivity contribution in [2.45, 2.75) is 33.0 Å². The highest BCUT2D eigenvalue weighted by Crippen LogP contribution is 2.25. The number of carbonyl (C=O) groups is 2. The number of rotatable bonds is 4. The fourth-order valence-corrected chi connectivity index (χ4v) is 3.65. The van der Waals surface area contributed by atoms with E-state index >= 15 is 0 Å². The van der Waals surface area contributed by atoms with Crippen LogP contribution in [-0.4, -0.2) is 18.4 Å². The van der Waals surface area contributed by atoms with Gasteiger partial charge in [0.05, 0.1) is 5.92 Å². The zero-order valence-electron chi connectivity index (χ0n) is 14.9. The maximum absolute atomic E-state index is 12.5. The zero-order chi connectivity index (χ0) is 18.1. The van der Waals surface area contributed by atoms with Crippen molar-refractivity contribution in [3.8, 4) is 0 Å². The molecule has 1 saturated heterocycles. The molecule has 1 atom stereocenters. The van der Waals surface area contributed by atoms with Gasteiger partial charge in [-0.25, -0.2) is 0 Å². The van der Waals surface area contributed by atoms with Crippen LogP contribution >= 0.6 is 0 Å². The molecule has 0 bridgehead atoms. The first kappa shape index (κ1) is 16.8. The molecule has 134 valence electrons. The summed E-state index contributed by atoms with van der Waals surface area (Å²) in [6, 6.07) is 14.2. The molecule has 2 aliphatic heterocycles. The average Bonchev–Trinajstić information content (AvgIpc) is 3.26. The number of amides is 2. The number of nitrogens with zero attached hydrogens (tertiary/aromatic N) is 1. The van der Waals surface area contributed by atoms with E-state index in [0.717, 1.165) is 29.9 Å². The van der Waals surface area contributed by atoms with Crippen LogP contribution in [0.4, 0.5) is 5.69 Å². The number of fused-ring (bicyclic) bond motifs is 1. The molecular formula is C21H23N3O2. The number of benzene rings is 2.